The van der Waals surface area contributed by atoms with Crippen LogP contribution in [0.4, 0.5) is 0 Å². The molecule has 0 bridgehead atoms. The standard InChI is InChI=1S/C14H28N2O4S/c1-5-16(10-13(17)18)12-8-11(9-12)15-21(19,20)7-6-14(2,3)4/h11-12,15H,5-10H2,1-4H3,(H,17,18). The summed E-state index contributed by atoms with van der Waals surface area (Å²) in [6.07, 6.45) is 2.00. The van der Waals surface area contributed by atoms with E-state index in [1.807, 2.05) is 32.6 Å². The van der Waals surface area contributed by atoms with Gasteiger partial charge in [0.2, 0.25) is 10.0 Å². The topological polar surface area (TPSA) is 86.7 Å². The number of nitrogens with zero attached hydrogens (tertiary/aromatic N) is 1. The van der Waals surface area contributed by atoms with Gasteiger partial charge in [-0.05, 0) is 31.2 Å². The Bertz CT molecular complexity index is 450. The summed E-state index contributed by atoms with van der Waals surface area (Å²) in [5.74, 6) is -0.698. The molecule has 1 aliphatic carbocycles. The maximum absolute atomic E-state index is 12.0. The highest BCUT2D eigenvalue weighted by atomic mass is 32.2. The lowest BCUT2D eigenvalue weighted by atomic mass is 9.86. The molecular formula is C14H28N2O4S. The molecule has 0 heterocycles. The van der Waals surface area contributed by atoms with Gasteiger partial charge in [0, 0.05) is 12.1 Å². The van der Waals surface area contributed by atoms with Gasteiger partial charge in [0.15, 0.2) is 0 Å². The van der Waals surface area contributed by atoms with Crippen LogP contribution >= 0.6 is 0 Å². The lowest BCUT2D eigenvalue weighted by Crippen LogP contribution is -2.55. The lowest BCUT2D eigenvalue weighted by molar-refractivity contribution is -0.139. The van der Waals surface area contributed by atoms with Gasteiger partial charge < -0.3 is 5.11 Å². The Morgan fingerprint density at radius 1 is 1.33 bits per heavy atom. The molecule has 1 rings (SSSR count). The summed E-state index contributed by atoms with van der Waals surface area (Å²) in [7, 11) is -3.24. The molecular weight excluding hydrogens is 292 g/mol. The van der Waals surface area contributed by atoms with Gasteiger partial charge in [-0.2, -0.15) is 0 Å². The van der Waals surface area contributed by atoms with Crippen LogP contribution in [0.2, 0.25) is 0 Å². The minimum absolute atomic E-state index is 0.00258. The van der Waals surface area contributed by atoms with Crippen LogP contribution in [-0.4, -0.2) is 55.3 Å². The van der Waals surface area contributed by atoms with Crippen LogP contribution in [0, 0.1) is 5.41 Å². The molecule has 2 N–H and O–H groups in total. The Kier molecular flexibility index (Phi) is 6.19. The number of carbonyl (C=O) groups is 1. The van der Waals surface area contributed by atoms with Crippen LogP contribution < -0.4 is 4.72 Å². The monoisotopic (exact) mass is 320 g/mol. The number of rotatable bonds is 8. The minimum atomic E-state index is -3.24. The van der Waals surface area contributed by atoms with Gasteiger partial charge in [-0.15, -0.1) is 0 Å². The van der Waals surface area contributed by atoms with Crippen LogP contribution in [0.3, 0.4) is 0 Å². The Hall–Kier alpha value is -0.660. The maximum Gasteiger partial charge on any atom is 0.317 e. The van der Waals surface area contributed by atoms with Crippen molar-refractivity contribution in [3.05, 3.63) is 0 Å². The molecule has 0 spiro atoms. The number of likely N-dealkylation sites (N-methyl/N-ethyl adjacent to an activating group) is 1. The van der Waals surface area contributed by atoms with Crippen molar-refractivity contribution < 1.29 is 18.3 Å². The first kappa shape index (κ1) is 18.4. The van der Waals surface area contributed by atoms with Gasteiger partial charge in [-0.3, -0.25) is 9.69 Å². The number of hydrogen-bond donors (Lipinski definition) is 2. The van der Waals surface area contributed by atoms with Crippen molar-refractivity contribution in [2.24, 2.45) is 5.41 Å². The zero-order chi connectivity index (χ0) is 16.3. The number of sulfonamides is 1. The molecule has 0 aromatic carbocycles. The first-order valence-corrected chi connectivity index (χ1v) is 9.13. The molecule has 6 nitrogen and oxygen atoms in total. The van der Waals surface area contributed by atoms with Crippen molar-refractivity contribution in [2.45, 2.75) is 59.0 Å². The molecule has 0 aromatic heterocycles. The number of carboxylic acid groups (broad SMARTS) is 1. The molecule has 0 aromatic rings. The third-order valence-electron chi connectivity index (χ3n) is 3.84. The SMILES string of the molecule is CCN(CC(=O)O)C1CC(NS(=O)(=O)CCC(C)(C)C)C1. The number of nitrogens with one attached hydrogen (secondary N) is 1. The second-order valence-electron chi connectivity index (χ2n) is 7.03. The molecule has 0 unspecified atom stereocenters. The summed E-state index contributed by atoms with van der Waals surface area (Å²) in [6.45, 7) is 8.67. The van der Waals surface area contributed by atoms with Crippen LogP contribution in [0.15, 0.2) is 0 Å². The van der Waals surface area contributed by atoms with E-state index in [1.54, 1.807) is 0 Å². The predicted octanol–water partition coefficient (Wildman–Crippen LogP) is 1.28. The maximum atomic E-state index is 12.0. The van der Waals surface area contributed by atoms with Gasteiger partial charge in [0.25, 0.3) is 0 Å². The Labute approximate surface area is 128 Å². The molecule has 0 atom stereocenters. The fourth-order valence-corrected chi connectivity index (χ4v) is 4.11. The van der Waals surface area contributed by atoms with Gasteiger partial charge in [0.1, 0.15) is 0 Å². The summed E-state index contributed by atoms with van der Waals surface area (Å²) in [4.78, 5) is 12.6. The summed E-state index contributed by atoms with van der Waals surface area (Å²) >= 11 is 0. The van der Waals surface area contributed by atoms with E-state index in [1.165, 1.54) is 0 Å². The zero-order valence-corrected chi connectivity index (χ0v) is 14.2. The van der Waals surface area contributed by atoms with E-state index < -0.39 is 16.0 Å². The fourth-order valence-electron chi connectivity index (χ4n) is 2.41. The Balaban J connectivity index is 2.38. The Morgan fingerprint density at radius 3 is 2.33 bits per heavy atom. The average molecular weight is 320 g/mol. The zero-order valence-electron chi connectivity index (χ0n) is 13.4. The summed E-state index contributed by atoms with van der Waals surface area (Å²) in [6, 6.07) is 0.115. The van der Waals surface area contributed by atoms with Crippen LogP contribution in [0.25, 0.3) is 0 Å². The van der Waals surface area contributed by atoms with E-state index in [-0.39, 0.29) is 29.8 Å². The van der Waals surface area contributed by atoms with Crippen molar-refractivity contribution in [1.29, 1.82) is 0 Å². The number of hydrogen-bond acceptors (Lipinski definition) is 4. The summed E-state index contributed by atoms with van der Waals surface area (Å²) < 4.78 is 26.7. The summed E-state index contributed by atoms with van der Waals surface area (Å²) in [5.41, 5.74) is -0.00258. The normalized spacial score (nSPS) is 23.1. The molecule has 0 amide bonds. The van der Waals surface area contributed by atoms with Crippen LogP contribution in [0.1, 0.15) is 47.0 Å². The molecule has 0 aliphatic heterocycles. The molecule has 1 aliphatic rings. The largest absolute Gasteiger partial charge is 0.480 e. The van der Waals surface area contributed by atoms with Gasteiger partial charge >= 0.3 is 5.97 Å². The van der Waals surface area contributed by atoms with Crippen molar-refractivity contribution in [1.82, 2.24) is 9.62 Å². The second-order valence-corrected chi connectivity index (χ2v) is 8.90. The van der Waals surface area contributed by atoms with Crippen molar-refractivity contribution in [3.63, 3.8) is 0 Å². The number of aliphatic carboxylic acids is 1. The van der Waals surface area contributed by atoms with E-state index in [4.69, 9.17) is 5.11 Å². The van der Waals surface area contributed by atoms with Gasteiger partial charge in [0.05, 0.1) is 12.3 Å². The smallest absolute Gasteiger partial charge is 0.317 e. The molecule has 1 saturated carbocycles. The third-order valence-corrected chi connectivity index (χ3v) is 5.28. The van der Waals surface area contributed by atoms with E-state index in [2.05, 4.69) is 4.72 Å². The molecule has 7 heteroatoms. The van der Waals surface area contributed by atoms with E-state index in [0.717, 1.165) is 0 Å². The molecule has 21 heavy (non-hydrogen) atoms. The summed E-state index contributed by atoms with van der Waals surface area (Å²) in [5, 5.41) is 8.83. The highest BCUT2D eigenvalue weighted by Gasteiger charge is 2.36. The van der Waals surface area contributed by atoms with Gasteiger partial charge in [-0.1, -0.05) is 27.7 Å². The lowest BCUT2D eigenvalue weighted by Gasteiger charge is -2.42. The molecule has 0 radical (unpaired) electrons. The van der Waals surface area contributed by atoms with Crippen molar-refractivity contribution in [3.8, 4) is 0 Å². The van der Waals surface area contributed by atoms with E-state index in [0.29, 0.717) is 25.8 Å². The first-order chi connectivity index (χ1) is 9.52. The average Bonchev–Trinajstić information content (AvgIpc) is 2.27. The van der Waals surface area contributed by atoms with Crippen molar-refractivity contribution >= 4 is 16.0 Å². The molecule has 124 valence electrons. The number of carboxylic acids is 1. The van der Waals surface area contributed by atoms with Crippen LogP contribution in [-0.2, 0) is 14.8 Å². The highest BCUT2D eigenvalue weighted by molar-refractivity contribution is 7.89. The highest BCUT2D eigenvalue weighted by Crippen LogP contribution is 2.26. The quantitative estimate of drug-likeness (QED) is 0.703. The van der Waals surface area contributed by atoms with E-state index >= 15 is 0 Å². The Morgan fingerprint density at radius 2 is 1.90 bits per heavy atom. The molecule has 0 saturated heterocycles. The van der Waals surface area contributed by atoms with Crippen molar-refractivity contribution in [2.75, 3.05) is 18.8 Å². The first-order valence-electron chi connectivity index (χ1n) is 7.48. The third kappa shape index (κ3) is 6.76. The minimum Gasteiger partial charge on any atom is -0.480 e. The van der Waals surface area contributed by atoms with Gasteiger partial charge in [-0.25, -0.2) is 13.1 Å². The predicted molar refractivity (Wildman–Crippen MR) is 82.7 cm³/mol. The van der Waals surface area contributed by atoms with Crippen LogP contribution in [0.5, 0.6) is 0 Å². The second kappa shape index (κ2) is 7.07. The molecule has 1 fully saturated rings. The van der Waals surface area contributed by atoms with E-state index in [9.17, 15) is 13.2 Å². The fraction of sp³-hybridized carbons (Fsp3) is 0.929.